The maximum absolute atomic E-state index is 12.1. The van der Waals surface area contributed by atoms with Gasteiger partial charge in [0.05, 0.1) is 5.69 Å². The molecule has 1 fully saturated rings. The van der Waals surface area contributed by atoms with Gasteiger partial charge in [0.2, 0.25) is 0 Å². The maximum atomic E-state index is 12.1. The van der Waals surface area contributed by atoms with Crippen molar-refractivity contribution in [3.8, 4) is 5.75 Å². The lowest BCUT2D eigenvalue weighted by molar-refractivity contribution is 0.146. The van der Waals surface area contributed by atoms with Gasteiger partial charge in [-0.3, -0.25) is 4.99 Å². The molecule has 0 spiro atoms. The molecule has 0 aliphatic carbocycles. The number of carbonyl (C=O) groups is 1. The Hall–Kier alpha value is -2.18. The maximum Gasteiger partial charge on any atom is 0.415 e. The molecular formula is C18H18BrN3O2. The van der Waals surface area contributed by atoms with Gasteiger partial charge in [-0.25, -0.2) is 4.79 Å². The highest BCUT2D eigenvalue weighted by Gasteiger charge is 2.17. The highest BCUT2D eigenvalue weighted by Crippen LogP contribution is 2.18. The number of nitrogens with one attached hydrogen (secondary N) is 1. The van der Waals surface area contributed by atoms with Crippen molar-refractivity contribution >= 4 is 33.9 Å². The van der Waals surface area contributed by atoms with Crippen LogP contribution >= 0.6 is 15.9 Å². The number of aliphatic imine (C=N–C) groups is 1. The topological polar surface area (TPSA) is 53.9 Å². The Balaban J connectivity index is 1.65. The van der Waals surface area contributed by atoms with Crippen LogP contribution in [0.4, 0.5) is 10.5 Å². The molecule has 1 amide bonds. The molecule has 6 heteroatoms. The third kappa shape index (κ3) is 4.66. The fourth-order valence-corrected chi connectivity index (χ4v) is 2.61. The second-order valence-corrected chi connectivity index (χ2v) is 6.33. The van der Waals surface area contributed by atoms with Crippen LogP contribution in [0, 0.1) is 0 Å². The number of amides is 1. The van der Waals surface area contributed by atoms with E-state index in [9.17, 15) is 4.79 Å². The summed E-state index contributed by atoms with van der Waals surface area (Å²) in [6.07, 6.45) is 1.45. The summed E-state index contributed by atoms with van der Waals surface area (Å²) in [6.45, 7) is 2.94. The quantitative estimate of drug-likeness (QED) is 0.818. The monoisotopic (exact) mass is 387 g/mol. The highest BCUT2D eigenvalue weighted by atomic mass is 79.9. The Morgan fingerprint density at radius 2 is 1.92 bits per heavy atom. The van der Waals surface area contributed by atoms with E-state index in [1.54, 1.807) is 17.2 Å². The number of benzene rings is 2. The van der Waals surface area contributed by atoms with Crippen molar-refractivity contribution in [3.05, 3.63) is 58.6 Å². The summed E-state index contributed by atoms with van der Waals surface area (Å²) in [4.78, 5) is 18.3. The summed E-state index contributed by atoms with van der Waals surface area (Å²) in [6, 6.07) is 15.1. The molecule has 1 saturated heterocycles. The first kappa shape index (κ1) is 16.7. The van der Waals surface area contributed by atoms with Gasteiger partial charge >= 0.3 is 6.09 Å². The molecule has 1 heterocycles. The molecule has 0 radical (unpaired) electrons. The van der Waals surface area contributed by atoms with E-state index in [-0.39, 0.29) is 6.09 Å². The van der Waals surface area contributed by atoms with Crippen molar-refractivity contribution in [2.45, 2.75) is 0 Å². The molecule has 2 aromatic rings. The molecule has 24 heavy (non-hydrogen) atoms. The number of ether oxygens (including phenoxy) is 1. The summed E-state index contributed by atoms with van der Waals surface area (Å²) in [7, 11) is 0. The van der Waals surface area contributed by atoms with E-state index in [0.29, 0.717) is 18.8 Å². The van der Waals surface area contributed by atoms with Crippen LogP contribution in [0.25, 0.3) is 0 Å². The van der Waals surface area contributed by atoms with Gasteiger partial charge in [0, 0.05) is 36.9 Å². The van der Waals surface area contributed by atoms with Gasteiger partial charge in [-0.15, -0.1) is 0 Å². The molecule has 0 aromatic heterocycles. The van der Waals surface area contributed by atoms with Crippen LogP contribution in [0.3, 0.4) is 0 Å². The number of hydrogen-bond acceptors (Lipinski definition) is 4. The van der Waals surface area contributed by atoms with Gasteiger partial charge in [-0.1, -0.05) is 28.1 Å². The SMILES string of the molecule is O=C(Oc1cccc(C=Nc2ccc(Br)cc2)c1)N1CCNCC1. The van der Waals surface area contributed by atoms with E-state index in [2.05, 4.69) is 26.2 Å². The molecule has 0 saturated carbocycles. The lowest BCUT2D eigenvalue weighted by Crippen LogP contribution is -2.47. The summed E-state index contributed by atoms with van der Waals surface area (Å²) < 4.78 is 6.47. The number of carbonyl (C=O) groups excluding carboxylic acids is 1. The third-order valence-electron chi connectivity index (χ3n) is 3.63. The third-order valence-corrected chi connectivity index (χ3v) is 4.16. The Morgan fingerprint density at radius 1 is 1.17 bits per heavy atom. The first-order valence-corrected chi connectivity index (χ1v) is 8.57. The lowest BCUT2D eigenvalue weighted by Gasteiger charge is -2.26. The van der Waals surface area contributed by atoms with Gasteiger partial charge < -0.3 is 15.0 Å². The smallest absolute Gasteiger partial charge is 0.410 e. The van der Waals surface area contributed by atoms with E-state index in [4.69, 9.17) is 4.74 Å². The fraction of sp³-hybridized carbons (Fsp3) is 0.222. The summed E-state index contributed by atoms with van der Waals surface area (Å²) in [5.41, 5.74) is 1.74. The molecular weight excluding hydrogens is 370 g/mol. The molecule has 0 unspecified atom stereocenters. The van der Waals surface area contributed by atoms with Crippen LogP contribution in [-0.2, 0) is 0 Å². The van der Waals surface area contributed by atoms with Gasteiger partial charge in [-0.05, 0) is 42.0 Å². The van der Waals surface area contributed by atoms with Gasteiger partial charge in [0.25, 0.3) is 0 Å². The molecule has 1 aliphatic rings. The minimum Gasteiger partial charge on any atom is -0.410 e. The number of hydrogen-bond donors (Lipinski definition) is 1. The van der Waals surface area contributed by atoms with Crippen LogP contribution < -0.4 is 10.1 Å². The fourth-order valence-electron chi connectivity index (χ4n) is 2.35. The lowest BCUT2D eigenvalue weighted by atomic mass is 10.2. The number of piperazine rings is 1. The van der Waals surface area contributed by atoms with E-state index in [1.165, 1.54) is 0 Å². The molecule has 2 aromatic carbocycles. The second-order valence-electron chi connectivity index (χ2n) is 5.41. The zero-order valence-corrected chi connectivity index (χ0v) is 14.7. The van der Waals surface area contributed by atoms with Crippen LogP contribution in [0.1, 0.15) is 5.56 Å². The zero-order valence-electron chi connectivity index (χ0n) is 13.1. The van der Waals surface area contributed by atoms with Gasteiger partial charge in [0.1, 0.15) is 5.75 Å². The average molecular weight is 388 g/mol. The first-order valence-electron chi connectivity index (χ1n) is 7.78. The molecule has 0 bridgehead atoms. The summed E-state index contributed by atoms with van der Waals surface area (Å²) in [5.74, 6) is 0.526. The predicted octanol–water partition coefficient (Wildman–Crippen LogP) is 3.60. The Kier molecular flexibility index (Phi) is 5.61. The van der Waals surface area contributed by atoms with Crippen LogP contribution in [0.5, 0.6) is 5.75 Å². The van der Waals surface area contributed by atoms with E-state index >= 15 is 0 Å². The Labute approximate surface area is 149 Å². The van der Waals surface area contributed by atoms with Crippen LogP contribution in [0.2, 0.25) is 0 Å². The summed E-state index contributed by atoms with van der Waals surface area (Å²) >= 11 is 3.40. The van der Waals surface area contributed by atoms with Gasteiger partial charge in [-0.2, -0.15) is 0 Å². The second kappa shape index (κ2) is 8.08. The van der Waals surface area contributed by atoms with Crippen molar-refractivity contribution in [1.29, 1.82) is 0 Å². The number of rotatable bonds is 3. The van der Waals surface area contributed by atoms with E-state index in [1.807, 2.05) is 42.5 Å². The van der Waals surface area contributed by atoms with Crippen molar-refractivity contribution < 1.29 is 9.53 Å². The normalized spacial score (nSPS) is 14.8. The first-order chi connectivity index (χ1) is 11.7. The molecule has 124 valence electrons. The number of nitrogens with zero attached hydrogens (tertiary/aromatic N) is 2. The van der Waals surface area contributed by atoms with Crippen molar-refractivity contribution in [3.63, 3.8) is 0 Å². The van der Waals surface area contributed by atoms with E-state index in [0.717, 1.165) is 28.8 Å². The molecule has 0 atom stereocenters. The largest absolute Gasteiger partial charge is 0.415 e. The Bertz CT molecular complexity index is 725. The van der Waals surface area contributed by atoms with Crippen molar-refractivity contribution in [2.24, 2.45) is 4.99 Å². The molecule has 5 nitrogen and oxygen atoms in total. The molecule has 1 aliphatic heterocycles. The standard InChI is InChI=1S/C18H18BrN3O2/c19-15-4-6-16(7-5-15)21-13-14-2-1-3-17(12-14)24-18(23)22-10-8-20-9-11-22/h1-7,12-13,20H,8-11H2. The zero-order chi connectivity index (χ0) is 16.8. The number of halogens is 1. The summed E-state index contributed by atoms with van der Waals surface area (Å²) in [5, 5.41) is 3.21. The average Bonchev–Trinajstić information content (AvgIpc) is 2.62. The van der Waals surface area contributed by atoms with Crippen LogP contribution in [-0.4, -0.2) is 43.4 Å². The molecule has 1 N–H and O–H groups in total. The van der Waals surface area contributed by atoms with Crippen molar-refractivity contribution in [2.75, 3.05) is 26.2 Å². The minimum atomic E-state index is -0.307. The molecule has 3 rings (SSSR count). The highest BCUT2D eigenvalue weighted by molar-refractivity contribution is 9.10. The Morgan fingerprint density at radius 3 is 2.67 bits per heavy atom. The van der Waals surface area contributed by atoms with Crippen LogP contribution in [0.15, 0.2) is 58.0 Å². The minimum absolute atomic E-state index is 0.307. The van der Waals surface area contributed by atoms with Gasteiger partial charge in [0.15, 0.2) is 0 Å². The van der Waals surface area contributed by atoms with E-state index < -0.39 is 0 Å². The predicted molar refractivity (Wildman–Crippen MR) is 98.3 cm³/mol. The van der Waals surface area contributed by atoms with Crippen molar-refractivity contribution in [1.82, 2.24) is 10.2 Å².